The Labute approximate surface area is 121 Å². The summed E-state index contributed by atoms with van der Waals surface area (Å²) in [5.74, 6) is 0. The number of pyridine rings is 1. The highest BCUT2D eigenvalue weighted by Gasteiger charge is 2.16. The SMILES string of the molecule is Cc1cc(-c2ccc(C)c(S(=O)(=O)O)c2)c(C#N)c(=O)[nH]1. The normalized spacial score (nSPS) is 11.1. The number of benzene rings is 1. The average molecular weight is 304 g/mol. The Kier molecular flexibility index (Phi) is 3.68. The smallest absolute Gasteiger partial charge is 0.294 e. The van der Waals surface area contributed by atoms with Gasteiger partial charge in [-0.3, -0.25) is 9.35 Å². The number of rotatable bonds is 2. The van der Waals surface area contributed by atoms with Gasteiger partial charge in [0, 0.05) is 11.3 Å². The van der Waals surface area contributed by atoms with Crippen molar-refractivity contribution < 1.29 is 13.0 Å². The lowest BCUT2D eigenvalue weighted by atomic mass is 10.00. The zero-order valence-electron chi connectivity index (χ0n) is 11.3. The number of aromatic nitrogens is 1. The van der Waals surface area contributed by atoms with Gasteiger partial charge in [-0.05, 0) is 37.1 Å². The molecule has 0 saturated heterocycles. The molecule has 0 aliphatic rings. The van der Waals surface area contributed by atoms with Crippen LogP contribution in [0.15, 0.2) is 34.0 Å². The molecule has 0 bridgehead atoms. The zero-order valence-corrected chi connectivity index (χ0v) is 12.2. The maximum atomic E-state index is 11.8. The molecule has 1 aromatic heterocycles. The highest BCUT2D eigenvalue weighted by atomic mass is 32.2. The van der Waals surface area contributed by atoms with Gasteiger partial charge in [-0.1, -0.05) is 12.1 Å². The number of hydrogen-bond acceptors (Lipinski definition) is 4. The maximum absolute atomic E-state index is 11.8. The van der Waals surface area contributed by atoms with Crippen LogP contribution in [-0.4, -0.2) is 18.0 Å². The fourth-order valence-corrected chi connectivity index (χ4v) is 2.82. The first-order valence-electron chi connectivity index (χ1n) is 5.96. The molecule has 0 saturated carbocycles. The van der Waals surface area contributed by atoms with Crippen molar-refractivity contribution in [2.45, 2.75) is 18.7 Å². The maximum Gasteiger partial charge on any atom is 0.294 e. The van der Waals surface area contributed by atoms with Crippen LogP contribution in [0.2, 0.25) is 0 Å². The van der Waals surface area contributed by atoms with Crippen molar-refractivity contribution in [3.63, 3.8) is 0 Å². The van der Waals surface area contributed by atoms with Gasteiger partial charge < -0.3 is 4.98 Å². The monoisotopic (exact) mass is 304 g/mol. The summed E-state index contributed by atoms with van der Waals surface area (Å²) >= 11 is 0. The summed E-state index contributed by atoms with van der Waals surface area (Å²) in [4.78, 5) is 14.0. The molecule has 0 amide bonds. The summed E-state index contributed by atoms with van der Waals surface area (Å²) in [7, 11) is -4.37. The highest BCUT2D eigenvalue weighted by Crippen LogP contribution is 2.26. The van der Waals surface area contributed by atoms with Crippen molar-refractivity contribution in [3.8, 4) is 17.2 Å². The molecule has 6 nitrogen and oxygen atoms in total. The fourth-order valence-electron chi connectivity index (χ4n) is 2.07. The minimum absolute atomic E-state index is 0.106. The second kappa shape index (κ2) is 5.16. The molecular formula is C14H12N2O4S. The van der Waals surface area contributed by atoms with Gasteiger partial charge in [-0.15, -0.1) is 0 Å². The van der Waals surface area contributed by atoms with Gasteiger partial charge in [0.25, 0.3) is 15.7 Å². The van der Waals surface area contributed by atoms with E-state index in [2.05, 4.69) is 4.98 Å². The summed E-state index contributed by atoms with van der Waals surface area (Å²) in [6.07, 6.45) is 0. The second-order valence-corrected chi connectivity index (χ2v) is 6.03. The van der Waals surface area contributed by atoms with E-state index in [-0.39, 0.29) is 10.5 Å². The summed E-state index contributed by atoms with van der Waals surface area (Å²) in [6.45, 7) is 3.20. The molecule has 2 aromatic rings. The van der Waals surface area contributed by atoms with Crippen LogP contribution >= 0.6 is 0 Å². The van der Waals surface area contributed by atoms with Crippen LogP contribution in [-0.2, 0) is 10.1 Å². The van der Waals surface area contributed by atoms with Crippen LogP contribution in [0.1, 0.15) is 16.8 Å². The lowest BCUT2D eigenvalue weighted by molar-refractivity contribution is 0.482. The predicted molar refractivity (Wildman–Crippen MR) is 76.5 cm³/mol. The van der Waals surface area contributed by atoms with Gasteiger partial charge in [0.1, 0.15) is 11.6 Å². The zero-order chi connectivity index (χ0) is 15.8. The molecule has 0 unspecified atom stereocenters. The molecule has 0 atom stereocenters. The Balaban J connectivity index is 2.81. The molecule has 7 heteroatoms. The summed E-state index contributed by atoms with van der Waals surface area (Å²) in [5.41, 5.74) is 0.971. The van der Waals surface area contributed by atoms with E-state index in [0.717, 1.165) is 0 Å². The van der Waals surface area contributed by atoms with E-state index >= 15 is 0 Å². The first-order valence-corrected chi connectivity index (χ1v) is 7.40. The largest absolute Gasteiger partial charge is 0.325 e. The molecule has 0 radical (unpaired) electrons. The van der Waals surface area contributed by atoms with Gasteiger partial charge in [0.15, 0.2) is 0 Å². The molecule has 108 valence electrons. The van der Waals surface area contributed by atoms with Crippen LogP contribution in [0.5, 0.6) is 0 Å². The first kappa shape index (κ1) is 15.0. The van der Waals surface area contributed by atoms with Gasteiger partial charge in [0.05, 0.1) is 4.90 Å². The molecular weight excluding hydrogens is 292 g/mol. The van der Waals surface area contributed by atoms with Crippen LogP contribution in [0.4, 0.5) is 0 Å². The Morgan fingerprint density at radius 1 is 1.24 bits per heavy atom. The van der Waals surface area contributed by atoms with E-state index < -0.39 is 15.7 Å². The van der Waals surface area contributed by atoms with Crippen molar-refractivity contribution in [1.82, 2.24) is 4.98 Å². The quantitative estimate of drug-likeness (QED) is 0.821. The Bertz CT molecular complexity index is 921. The molecule has 0 aliphatic carbocycles. The van der Waals surface area contributed by atoms with Crippen LogP contribution in [0.3, 0.4) is 0 Å². The van der Waals surface area contributed by atoms with E-state index in [1.165, 1.54) is 12.1 Å². The molecule has 0 spiro atoms. The average Bonchev–Trinajstić information content (AvgIpc) is 2.37. The number of hydrogen-bond donors (Lipinski definition) is 2. The van der Waals surface area contributed by atoms with Gasteiger partial charge in [0.2, 0.25) is 0 Å². The number of nitrogens with one attached hydrogen (secondary N) is 1. The fraction of sp³-hybridized carbons (Fsp3) is 0.143. The third-order valence-electron chi connectivity index (χ3n) is 3.06. The summed E-state index contributed by atoms with van der Waals surface area (Å²) in [6, 6.07) is 7.74. The molecule has 1 heterocycles. The van der Waals surface area contributed by atoms with Crippen molar-refractivity contribution in [2.24, 2.45) is 0 Å². The number of nitriles is 1. The van der Waals surface area contributed by atoms with Crippen molar-refractivity contribution in [3.05, 3.63) is 51.4 Å². The third-order valence-corrected chi connectivity index (χ3v) is 4.05. The molecule has 0 aliphatic heterocycles. The lowest BCUT2D eigenvalue weighted by Crippen LogP contribution is -2.13. The van der Waals surface area contributed by atoms with Crippen molar-refractivity contribution in [1.29, 1.82) is 5.26 Å². The van der Waals surface area contributed by atoms with E-state index in [1.54, 1.807) is 32.0 Å². The predicted octanol–water partition coefficient (Wildman–Crippen LogP) is 1.78. The Morgan fingerprint density at radius 2 is 1.90 bits per heavy atom. The number of nitrogens with zero attached hydrogens (tertiary/aromatic N) is 1. The Hall–Kier alpha value is -2.43. The summed E-state index contributed by atoms with van der Waals surface area (Å²) in [5, 5.41) is 9.10. The standard InChI is InChI=1S/C14H12N2O4S/c1-8-3-4-10(6-13(8)21(18,19)20)11-5-9(2)16-14(17)12(11)7-15/h3-6H,1-2H3,(H,16,17)(H,18,19,20). The van der Waals surface area contributed by atoms with Gasteiger partial charge in [-0.2, -0.15) is 13.7 Å². The molecule has 2 N–H and O–H groups in total. The minimum Gasteiger partial charge on any atom is -0.325 e. The topological polar surface area (TPSA) is 111 Å². The highest BCUT2D eigenvalue weighted by molar-refractivity contribution is 7.85. The molecule has 1 aromatic carbocycles. The van der Waals surface area contributed by atoms with Crippen LogP contribution in [0, 0.1) is 25.2 Å². The van der Waals surface area contributed by atoms with Crippen molar-refractivity contribution in [2.75, 3.05) is 0 Å². The van der Waals surface area contributed by atoms with Gasteiger partial charge in [-0.25, -0.2) is 0 Å². The molecule has 2 rings (SSSR count). The second-order valence-electron chi connectivity index (χ2n) is 4.64. The molecule has 21 heavy (non-hydrogen) atoms. The summed E-state index contributed by atoms with van der Waals surface area (Å²) < 4.78 is 31.9. The van der Waals surface area contributed by atoms with E-state index in [1.807, 2.05) is 0 Å². The van der Waals surface area contributed by atoms with Gasteiger partial charge >= 0.3 is 0 Å². The number of aromatic amines is 1. The molecule has 0 fully saturated rings. The van der Waals surface area contributed by atoms with E-state index in [4.69, 9.17) is 5.26 Å². The number of H-pyrrole nitrogens is 1. The third kappa shape index (κ3) is 2.86. The Morgan fingerprint density at radius 3 is 2.48 bits per heavy atom. The van der Waals surface area contributed by atoms with E-state index in [0.29, 0.717) is 22.4 Å². The number of aryl methyl sites for hydroxylation is 2. The first-order chi connectivity index (χ1) is 9.74. The van der Waals surface area contributed by atoms with E-state index in [9.17, 15) is 17.8 Å². The minimum atomic E-state index is -4.37. The lowest BCUT2D eigenvalue weighted by Gasteiger charge is -2.08. The van der Waals surface area contributed by atoms with Crippen LogP contribution < -0.4 is 5.56 Å². The van der Waals surface area contributed by atoms with Crippen molar-refractivity contribution >= 4 is 10.1 Å². The van der Waals surface area contributed by atoms with Crippen LogP contribution in [0.25, 0.3) is 11.1 Å².